The lowest BCUT2D eigenvalue weighted by atomic mass is 10.2. The second-order valence-electron chi connectivity index (χ2n) is 5.46. The number of nitrogens with one attached hydrogen (secondary N) is 1. The zero-order valence-corrected chi connectivity index (χ0v) is 15.0. The first kappa shape index (κ1) is 18.9. The van der Waals surface area contributed by atoms with E-state index in [0.29, 0.717) is 5.69 Å². The van der Waals surface area contributed by atoms with Gasteiger partial charge in [0.05, 0.1) is 24.1 Å². The fourth-order valence-electron chi connectivity index (χ4n) is 2.33. The Hall–Kier alpha value is -3.88. The second kappa shape index (κ2) is 8.67. The minimum Gasteiger partial charge on any atom is -0.462 e. The van der Waals surface area contributed by atoms with Gasteiger partial charge in [0.1, 0.15) is 11.4 Å². The van der Waals surface area contributed by atoms with Crippen LogP contribution < -0.4 is 5.73 Å². The summed E-state index contributed by atoms with van der Waals surface area (Å²) in [6.45, 7) is 1.90. The Morgan fingerprint density at radius 2 is 2.14 bits per heavy atom. The largest absolute Gasteiger partial charge is 0.462 e. The fraction of sp³-hybridized carbons (Fsp3) is 0.105. The molecule has 9 heteroatoms. The van der Waals surface area contributed by atoms with Crippen molar-refractivity contribution in [2.75, 3.05) is 6.61 Å². The molecule has 3 heterocycles. The van der Waals surface area contributed by atoms with Crippen LogP contribution >= 0.6 is 0 Å². The molecule has 3 aromatic heterocycles. The molecule has 3 N–H and O–H groups in total. The Morgan fingerprint density at radius 1 is 1.29 bits per heavy atom. The summed E-state index contributed by atoms with van der Waals surface area (Å²) < 4.78 is 19.1. The second-order valence-corrected chi connectivity index (χ2v) is 5.46. The van der Waals surface area contributed by atoms with Crippen molar-refractivity contribution in [3.8, 4) is 0 Å². The summed E-state index contributed by atoms with van der Waals surface area (Å²) in [4.78, 5) is 31.5. The number of carbonyl (C=O) groups excluding carboxylic acids is 1. The van der Waals surface area contributed by atoms with E-state index >= 15 is 0 Å². The molecule has 8 nitrogen and oxygen atoms in total. The van der Waals surface area contributed by atoms with Crippen molar-refractivity contribution < 1.29 is 13.9 Å². The highest BCUT2D eigenvalue weighted by molar-refractivity contribution is 6.14. The Labute approximate surface area is 160 Å². The molecule has 0 aliphatic rings. The summed E-state index contributed by atoms with van der Waals surface area (Å²) in [7, 11) is 0. The molecular weight excluding hydrogens is 363 g/mol. The highest BCUT2D eigenvalue weighted by atomic mass is 19.1. The number of aliphatic imine (C=N–C) groups is 2. The molecule has 142 valence electrons. The summed E-state index contributed by atoms with van der Waals surface area (Å²) in [5.41, 5.74) is 6.90. The minimum absolute atomic E-state index is 0.00121. The van der Waals surface area contributed by atoms with Crippen LogP contribution in [0.2, 0.25) is 0 Å². The van der Waals surface area contributed by atoms with Crippen molar-refractivity contribution in [3.05, 3.63) is 77.9 Å². The van der Waals surface area contributed by atoms with Gasteiger partial charge in [-0.05, 0) is 31.2 Å². The van der Waals surface area contributed by atoms with Gasteiger partial charge in [-0.3, -0.25) is 9.97 Å². The monoisotopic (exact) mass is 380 g/mol. The molecule has 3 aromatic rings. The number of hydrogen-bond donors (Lipinski definition) is 2. The molecule has 0 aliphatic heterocycles. The normalized spacial score (nSPS) is 12.1. The maximum atomic E-state index is 14.1. The highest BCUT2D eigenvalue weighted by Gasteiger charge is 2.19. The molecule has 0 atom stereocenters. The molecule has 3 rings (SSSR count). The molecule has 0 amide bonds. The number of pyridine rings is 2. The number of aromatic amines is 1. The molecule has 0 fully saturated rings. The number of aromatic nitrogens is 3. The minimum atomic E-state index is -0.643. The van der Waals surface area contributed by atoms with Crippen LogP contribution in [0, 0.1) is 5.82 Å². The van der Waals surface area contributed by atoms with E-state index in [1.165, 1.54) is 24.5 Å². The number of esters is 1. The number of nitrogens with two attached hydrogens (primary N) is 1. The Balaban J connectivity index is 2.13. The first-order valence-electron chi connectivity index (χ1n) is 8.38. The zero-order valence-electron chi connectivity index (χ0n) is 15.0. The molecule has 0 radical (unpaired) electrons. The molecule has 0 bridgehead atoms. The number of H-pyrrole nitrogens is 1. The Bertz CT molecular complexity index is 1030. The maximum Gasteiger partial charge on any atom is 0.340 e. The number of nitrogens with zero attached hydrogens (tertiary/aromatic N) is 4. The van der Waals surface area contributed by atoms with Crippen LogP contribution in [0.3, 0.4) is 0 Å². The molecule has 0 aromatic carbocycles. The van der Waals surface area contributed by atoms with Gasteiger partial charge in [0.2, 0.25) is 0 Å². The van der Waals surface area contributed by atoms with Crippen molar-refractivity contribution in [2.45, 2.75) is 6.92 Å². The summed E-state index contributed by atoms with van der Waals surface area (Å²) in [5.74, 6) is -1.15. The quantitative estimate of drug-likeness (QED) is 0.401. The Morgan fingerprint density at radius 3 is 2.86 bits per heavy atom. The van der Waals surface area contributed by atoms with Crippen LogP contribution in [0.15, 0.2) is 65.1 Å². The van der Waals surface area contributed by atoms with Gasteiger partial charge in [-0.15, -0.1) is 0 Å². The average molecular weight is 380 g/mol. The van der Waals surface area contributed by atoms with E-state index in [9.17, 15) is 9.18 Å². The van der Waals surface area contributed by atoms with E-state index in [0.717, 1.165) is 6.20 Å². The zero-order chi connectivity index (χ0) is 19.9. The lowest BCUT2D eigenvalue weighted by molar-refractivity contribution is 0.0526. The van der Waals surface area contributed by atoms with Gasteiger partial charge in [0, 0.05) is 18.6 Å². The van der Waals surface area contributed by atoms with Crippen LogP contribution in [-0.4, -0.2) is 39.2 Å². The standard InChI is InChI=1S/C19H17FN6O2/c1-2-28-19(27)12-6-10-24-16(12)18(25-14-7-9-22-11-13(14)20)26-17(21)15-5-3-4-8-23-15/h3-11,24H,2H2,1H3,(H2,21,22,25,26). The Kier molecular flexibility index (Phi) is 5.85. The van der Waals surface area contributed by atoms with Crippen molar-refractivity contribution in [3.63, 3.8) is 0 Å². The lowest BCUT2D eigenvalue weighted by Gasteiger charge is -2.06. The number of carbonyl (C=O) groups is 1. The predicted molar refractivity (Wildman–Crippen MR) is 102 cm³/mol. The molecule has 28 heavy (non-hydrogen) atoms. The van der Waals surface area contributed by atoms with E-state index in [4.69, 9.17) is 10.5 Å². The number of ether oxygens (including phenoxy) is 1. The predicted octanol–water partition coefficient (Wildman–Crippen LogP) is 2.60. The van der Waals surface area contributed by atoms with Crippen LogP contribution in [0.1, 0.15) is 28.7 Å². The van der Waals surface area contributed by atoms with Crippen molar-refractivity contribution in [1.82, 2.24) is 15.0 Å². The average Bonchev–Trinajstić information content (AvgIpc) is 3.20. The molecule has 0 unspecified atom stereocenters. The van der Waals surface area contributed by atoms with Crippen LogP contribution in [-0.2, 0) is 4.74 Å². The topological polar surface area (TPSA) is 119 Å². The summed E-state index contributed by atoms with van der Waals surface area (Å²) in [6.07, 6.45) is 5.53. The fourth-order valence-corrected chi connectivity index (χ4v) is 2.33. The van der Waals surface area contributed by atoms with E-state index < -0.39 is 11.8 Å². The van der Waals surface area contributed by atoms with E-state index in [1.54, 1.807) is 31.3 Å². The van der Waals surface area contributed by atoms with Gasteiger partial charge in [-0.25, -0.2) is 19.2 Å². The third-order valence-electron chi connectivity index (χ3n) is 3.60. The summed E-state index contributed by atoms with van der Waals surface area (Å²) >= 11 is 0. The molecule has 0 aliphatic carbocycles. The van der Waals surface area contributed by atoms with Crippen LogP contribution in [0.4, 0.5) is 10.1 Å². The van der Waals surface area contributed by atoms with Gasteiger partial charge in [0.15, 0.2) is 17.5 Å². The highest BCUT2D eigenvalue weighted by Crippen LogP contribution is 2.19. The SMILES string of the molecule is CCOC(=O)c1cc[nH]c1C(N=C(N)c1ccccn1)=Nc1ccncc1F. The van der Waals surface area contributed by atoms with Gasteiger partial charge in [-0.1, -0.05) is 6.07 Å². The van der Waals surface area contributed by atoms with Gasteiger partial charge in [0.25, 0.3) is 0 Å². The van der Waals surface area contributed by atoms with E-state index in [1.807, 2.05) is 0 Å². The third-order valence-corrected chi connectivity index (χ3v) is 3.60. The molecule has 0 spiro atoms. The van der Waals surface area contributed by atoms with Crippen LogP contribution in [0.25, 0.3) is 0 Å². The molecule has 0 saturated carbocycles. The molecule has 0 saturated heterocycles. The van der Waals surface area contributed by atoms with Crippen LogP contribution in [0.5, 0.6) is 0 Å². The number of rotatable bonds is 5. The third kappa shape index (κ3) is 4.26. The lowest BCUT2D eigenvalue weighted by Crippen LogP contribution is -2.19. The van der Waals surface area contributed by atoms with Crippen molar-refractivity contribution >= 4 is 23.3 Å². The number of amidine groups is 2. The number of halogens is 1. The van der Waals surface area contributed by atoms with Crippen molar-refractivity contribution in [2.24, 2.45) is 15.7 Å². The van der Waals surface area contributed by atoms with Gasteiger partial charge >= 0.3 is 5.97 Å². The maximum absolute atomic E-state index is 14.1. The smallest absolute Gasteiger partial charge is 0.340 e. The van der Waals surface area contributed by atoms with Gasteiger partial charge in [-0.2, -0.15) is 0 Å². The van der Waals surface area contributed by atoms with E-state index in [2.05, 4.69) is 24.9 Å². The first-order valence-corrected chi connectivity index (χ1v) is 8.38. The van der Waals surface area contributed by atoms with E-state index in [-0.39, 0.29) is 35.2 Å². The summed E-state index contributed by atoms with van der Waals surface area (Å²) in [5, 5.41) is 0. The first-order chi connectivity index (χ1) is 13.6. The van der Waals surface area contributed by atoms with Crippen molar-refractivity contribution in [1.29, 1.82) is 0 Å². The van der Waals surface area contributed by atoms with Gasteiger partial charge < -0.3 is 15.5 Å². The summed E-state index contributed by atoms with van der Waals surface area (Å²) in [6, 6.07) is 8.07. The molecular formula is C19H17FN6O2. The number of hydrogen-bond acceptors (Lipinski definition) is 5.